The third kappa shape index (κ3) is 2.11. The number of hydrogen-bond acceptors (Lipinski definition) is 1. The van der Waals surface area contributed by atoms with Crippen molar-refractivity contribution < 1.29 is 0 Å². The van der Waals surface area contributed by atoms with Crippen LogP contribution in [0.2, 0.25) is 0 Å². The van der Waals surface area contributed by atoms with Crippen LogP contribution in [-0.2, 0) is 11.8 Å². The van der Waals surface area contributed by atoms with Gasteiger partial charge in [-0.05, 0) is 30.3 Å². The standard InChI is InChI=1S/C18H12S2/c1-2-6-13(7-3-1)19-14-10-11-18-16(12-14)15-8-4-5-9-17(15)20-18/h1-12H/p+1. The van der Waals surface area contributed by atoms with Gasteiger partial charge in [0, 0.05) is 38.0 Å². The first kappa shape index (κ1) is 12.0. The second kappa shape index (κ2) is 4.97. The third-order valence-electron chi connectivity index (χ3n) is 3.37. The Morgan fingerprint density at radius 1 is 0.600 bits per heavy atom. The van der Waals surface area contributed by atoms with Crippen molar-refractivity contribution in [2.45, 2.75) is 9.79 Å². The minimum atomic E-state index is 1.27. The lowest BCUT2D eigenvalue weighted by atomic mass is 10.1. The van der Waals surface area contributed by atoms with Gasteiger partial charge >= 0.3 is 0 Å². The van der Waals surface area contributed by atoms with Crippen LogP contribution in [0.25, 0.3) is 20.2 Å². The monoisotopic (exact) mass is 293 g/mol. The Morgan fingerprint density at radius 2 is 1.35 bits per heavy atom. The molecule has 1 heterocycles. The van der Waals surface area contributed by atoms with E-state index in [1.807, 2.05) is 11.3 Å². The lowest BCUT2D eigenvalue weighted by Gasteiger charge is -1.94. The lowest BCUT2D eigenvalue weighted by Crippen LogP contribution is -1.83. The van der Waals surface area contributed by atoms with E-state index in [0.717, 1.165) is 0 Å². The molecule has 0 bridgehead atoms. The molecule has 0 aliphatic heterocycles. The van der Waals surface area contributed by atoms with Gasteiger partial charge in [-0.2, -0.15) is 0 Å². The SMILES string of the molecule is c1ccc([SH+]c2ccc3sc4ccccc4c3c2)cc1. The molecule has 1 aromatic heterocycles. The Kier molecular flexibility index (Phi) is 2.98. The molecule has 96 valence electrons. The molecule has 3 aromatic carbocycles. The summed E-state index contributed by atoms with van der Waals surface area (Å²) >= 11 is 3.15. The van der Waals surface area contributed by atoms with Gasteiger partial charge in [0.2, 0.25) is 0 Å². The zero-order valence-corrected chi connectivity index (χ0v) is 12.5. The van der Waals surface area contributed by atoms with Crippen molar-refractivity contribution in [3.63, 3.8) is 0 Å². The molecule has 0 spiro atoms. The highest BCUT2D eigenvalue weighted by Gasteiger charge is 2.10. The Balaban J connectivity index is 1.83. The quantitative estimate of drug-likeness (QED) is 0.348. The van der Waals surface area contributed by atoms with Gasteiger partial charge in [-0.1, -0.05) is 36.4 Å². The van der Waals surface area contributed by atoms with Crippen LogP contribution in [0.4, 0.5) is 0 Å². The average Bonchev–Trinajstić information content (AvgIpc) is 2.86. The summed E-state index contributed by atoms with van der Waals surface area (Å²) < 4.78 is 2.74. The summed E-state index contributed by atoms with van der Waals surface area (Å²) in [5.41, 5.74) is 0. The van der Waals surface area contributed by atoms with E-state index in [0.29, 0.717) is 0 Å². The summed E-state index contributed by atoms with van der Waals surface area (Å²) in [7, 11) is 0. The first-order valence-corrected chi connectivity index (χ1v) is 8.29. The van der Waals surface area contributed by atoms with Gasteiger partial charge in [-0.3, -0.25) is 0 Å². The Labute approximate surface area is 126 Å². The number of thiophene rings is 1. The maximum atomic E-state index is 2.34. The fourth-order valence-electron chi connectivity index (χ4n) is 2.44. The molecule has 0 atom stereocenters. The number of hydrogen-bond donors (Lipinski definition) is 0. The van der Waals surface area contributed by atoms with Crippen LogP contribution in [0.5, 0.6) is 0 Å². The number of rotatable bonds is 2. The zero-order chi connectivity index (χ0) is 13.4. The van der Waals surface area contributed by atoms with E-state index < -0.39 is 0 Å². The van der Waals surface area contributed by atoms with Crippen molar-refractivity contribution >= 4 is 43.3 Å². The molecule has 0 saturated carbocycles. The summed E-state index contributed by atoms with van der Waals surface area (Å²) in [6.45, 7) is 0. The van der Waals surface area contributed by atoms with Crippen molar-refractivity contribution in [2.75, 3.05) is 0 Å². The smallest absolute Gasteiger partial charge is 0.135 e. The van der Waals surface area contributed by atoms with E-state index >= 15 is 0 Å². The highest BCUT2D eigenvalue weighted by Crippen LogP contribution is 2.34. The predicted octanol–water partition coefficient (Wildman–Crippen LogP) is 5.29. The molecular weight excluding hydrogens is 280 g/mol. The van der Waals surface area contributed by atoms with Gasteiger partial charge in [0.25, 0.3) is 0 Å². The van der Waals surface area contributed by atoms with E-state index in [1.54, 1.807) is 0 Å². The fraction of sp³-hybridized carbons (Fsp3) is 0. The zero-order valence-electron chi connectivity index (χ0n) is 10.8. The molecule has 4 aromatic rings. The van der Waals surface area contributed by atoms with Crippen LogP contribution in [0, 0.1) is 0 Å². The number of fused-ring (bicyclic) bond motifs is 3. The second-order valence-electron chi connectivity index (χ2n) is 4.73. The molecule has 0 unspecified atom stereocenters. The summed E-state index contributed by atoms with van der Waals surface area (Å²) in [6, 6.07) is 26.1. The maximum absolute atomic E-state index is 2.34. The van der Waals surface area contributed by atoms with E-state index in [1.165, 1.54) is 41.7 Å². The minimum absolute atomic E-state index is 1.27. The van der Waals surface area contributed by atoms with E-state index in [2.05, 4.69) is 72.8 Å². The summed E-state index contributed by atoms with van der Waals surface area (Å²) in [4.78, 5) is 2.69. The van der Waals surface area contributed by atoms with E-state index in [9.17, 15) is 0 Å². The van der Waals surface area contributed by atoms with Gasteiger partial charge in [0.05, 0.1) is 0 Å². The van der Waals surface area contributed by atoms with Crippen LogP contribution < -0.4 is 0 Å². The van der Waals surface area contributed by atoms with Gasteiger partial charge in [-0.15, -0.1) is 11.3 Å². The van der Waals surface area contributed by atoms with E-state index in [4.69, 9.17) is 0 Å². The fourth-order valence-corrected chi connectivity index (χ4v) is 4.48. The van der Waals surface area contributed by atoms with Crippen molar-refractivity contribution in [3.05, 3.63) is 72.8 Å². The highest BCUT2D eigenvalue weighted by atomic mass is 32.2. The molecule has 0 nitrogen and oxygen atoms in total. The van der Waals surface area contributed by atoms with Crippen molar-refractivity contribution in [3.8, 4) is 0 Å². The predicted molar refractivity (Wildman–Crippen MR) is 91.1 cm³/mol. The van der Waals surface area contributed by atoms with E-state index in [-0.39, 0.29) is 0 Å². The maximum Gasteiger partial charge on any atom is 0.159 e. The molecule has 4 rings (SSSR count). The van der Waals surface area contributed by atoms with Crippen LogP contribution >= 0.6 is 11.3 Å². The molecule has 20 heavy (non-hydrogen) atoms. The molecule has 0 N–H and O–H groups in total. The van der Waals surface area contributed by atoms with Crippen LogP contribution in [0.3, 0.4) is 0 Å². The lowest BCUT2D eigenvalue weighted by molar-refractivity contribution is 1.42. The molecular formula is C18H13S2+. The van der Waals surface area contributed by atoms with Gasteiger partial charge in [0.1, 0.15) is 0 Å². The second-order valence-corrected chi connectivity index (χ2v) is 7.07. The molecule has 0 aliphatic rings. The average molecular weight is 293 g/mol. The van der Waals surface area contributed by atoms with Crippen LogP contribution in [-0.4, -0.2) is 0 Å². The Morgan fingerprint density at radius 3 is 2.25 bits per heavy atom. The van der Waals surface area contributed by atoms with Crippen LogP contribution in [0.15, 0.2) is 82.6 Å². The van der Waals surface area contributed by atoms with Crippen LogP contribution in [0.1, 0.15) is 0 Å². The number of benzene rings is 3. The Hall–Kier alpha value is -1.77. The molecule has 2 heteroatoms. The summed E-state index contributed by atoms with van der Waals surface area (Å²) in [5.74, 6) is 0. The molecule has 0 aliphatic carbocycles. The number of thiol groups is 1. The Bertz CT molecular complexity index is 876. The molecule has 0 saturated heterocycles. The first-order chi connectivity index (χ1) is 9.90. The van der Waals surface area contributed by atoms with Gasteiger partial charge in [-0.25, -0.2) is 0 Å². The molecule has 0 radical (unpaired) electrons. The third-order valence-corrected chi connectivity index (χ3v) is 5.62. The summed E-state index contributed by atoms with van der Waals surface area (Å²) in [6.07, 6.45) is 0. The van der Waals surface area contributed by atoms with Crippen molar-refractivity contribution in [1.82, 2.24) is 0 Å². The highest BCUT2D eigenvalue weighted by molar-refractivity contribution is 7.78. The van der Waals surface area contributed by atoms with Gasteiger partial charge < -0.3 is 0 Å². The topological polar surface area (TPSA) is 0 Å². The van der Waals surface area contributed by atoms with Gasteiger partial charge in [0.15, 0.2) is 9.79 Å². The first-order valence-electron chi connectivity index (χ1n) is 6.58. The largest absolute Gasteiger partial charge is 0.159 e. The normalized spacial score (nSPS) is 11.2. The van der Waals surface area contributed by atoms with Crippen molar-refractivity contribution in [1.29, 1.82) is 0 Å². The minimum Gasteiger partial charge on any atom is -0.135 e. The molecule has 0 amide bonds. The van der Waals surface area contributed by atoms with Crippen molar-refractivity contribution in [2.24, 2.45) is 0 Å². The summed E-state index contributed by atoms with van der Waals surface area (Å²) in [5, 5.41) is 2.75. The molecule has 0 fully saturated rings.